The van der Waals surface area contributed by atoms with Crippen molar-refractivity contribution >= 4 is 17.4 Å². The van der Waals surface area contributed by atoms with E-state index in [1.54, 1.807) is 6.20 Å². The first kappa shape index (κ1) is 8.75. The quantitative estimate of drug-likeness (QED) is 0.792. The van der Waals surface area contributed by atoms with E-state index in [2.05, 4.69) is 22.2 Å². The number of nitrogens with zero attached hydrogens (tertiary/aromatic N) is 2. The van der Waals surface area contributed by atoms with Gasteiger partial charge in [0.05, 0.1) is 12.4 Å². The van der Waals surface area contributed by atoms with Crippen molar-refractivity contribution in [2.75, 3.05) is 5.32 Å². The molecule has 1 aromatic heterocycles. The molecule has 0 saturated heterocycles. The van der Waals surface area contributed by atoms with Gasteiger partial charge in [0.15, 0.2) is 0 Å². The molecule has 0 atom stereocenters. The van der Waals surface area contributed by atoms with Gasteiger partial charge in [-0.15, -0.1) is 0 Å². The van der Waals surface area contributed by atoms with Crippen LogP contribution in [0.1, 0.15) is 26.2 Å². The predicted octanol–water partition coefficient (Wildman–Crippen LogP) is 2.48. The molecule has 1 N–H and O–H groups in total. The van der Waals surface area contributed by atoms with Crippen LogP contribution in [0.5, 0.6) is 0 Å². The third kappa shape index (κ3) is 1.91. The van der Waals surface area contributed by atoms with Crippen LogP contribution in [0.3, 0.4) is 0 Å². The average Bonchev–Trinajstić information content (AvgIpc) is 2.01. The number of hydrogen-bond donors (Lipinski definition) is 1. The fraction of sp³-hybridized carbons (Fsp3) is 0.556. The lowest BCUT2D eigenvalue weighted by molar-refractivity contribution is 0.305. The summed E-state index contributed by atoms with van der Waals surface area (Å²) >= 11 is 5.72. The van der Waals surface area contributed by atoms with Crippen molar-refractivity contribution in [2.45, 2.75) is 31.7 Å². The second-order valence-corrected chi connectivity index (χ2v) is 4.15. The molecule has 2 rings (SSSR count). The first-order valence-corrected chi connectivity index (χ1v) is 4.82. The fourth-order valence-electron chi connectivity index (χ4n) is 1.54. The zero-order valence-corrected chi connectivity index (χ0v) is 8.30. The summed E-state index contributed by atoms with van der Waals surface area (Å²) < 4.78 is 0. The van der Waals surface area contributed by atoms with Gasteiger partial charge in [-0.3, -0.25) is 4.98 Å². The van der Waals surface area contributed by atoms with E-state index in [0.29, 0.717) is 5.15 Å². The van der Waals surface area contributed by atoms with Gasteiger partial charge in [-0.05, 0) is 26.2 Å². The van der Waals surface area contributed by atoms with Gasteiger partial charge in [-0.2, -0.15) is 0 Å². The van der Waals surface area contributed by atoms with Crippen LogP contribution in [0.25, 0.3) is 0 Å². The SMILES string of the molecule is CC1(Nc2cncc(Cl)n2)CCC1. The predicted molar refractivity (Wildman–Crippen MR) is 52.9 cm³/mol. The molecule has 0 bridgehead atoms. The van der Waals surface area contributed by atoms with Crippen molar-refractivity contribution < 1.29 is 0 Å². The van der Waals surface area contributed by atoms with Gasteiger partial charge in [0.25, 0.3) is 0 Å². The molecule has 0 aromatic carbocycles. The first-order chi connectivity index (χ1) is 6.18. The maximum Gasteiger partial charge on any atom is 0.149 e. The highest BCUT2D eigenvalue weighted by atomic mass is 35.5. The Labute approximate surface area is 82.5 Å². The summed E-state index contributed by atoms with van der Waals surface area (Å²) in [5.74, 6) is 0.773. The molecule has 4 heteroatoms. The Morgan fingerprint density at radius 1 is 1.46 bits per heavy atom. The second kappa shape index (κ2) is 3.14. The largest absolute Gasteiger partial charge is 0.364 e. The Morgan fingerprint density at radius 2 is 2.23 bits per heavy atom. The molecule has 1 aromatic rings. The molecule has 1 heterocycles. The van der Waals surface area contributed by atoms with Crippen LogP contribution in [-0.4, -0.2) is 15.5 Å². The zero-order valence-electron chi connectivity index (χ0n) is 7.55. The molecule has 0 amide bonds. The van der Waals surface area contributed by atoms with Gasteiger partial charge < -0.3 is 5.32 Å². The van der Waals surface area contributed by atoms with Gasteiger partial charge in [-0.1, -0.05) is 11.6 Å². The van der Waals surface area contributed by atoms with E-state index in [-0.39, 0.29) is 5.54 Å². The van der Waals surface area contributed by atoms with Crippen molar-refractivity contribution in [1.29, 1.82) is 0 Å². The zero-order chi connectivity index (χ0) is 9.31. The van der Waals surface area contributed by atoms with Crippen LogP contribution in [0, 0.1) is 0 Å². The molecule has 1 saturated carbocycles. The molecule has 1 fully saturated rings. The molecule has 3 nitrogen and oxygen atoms in total. The number of rotatable bonds is 2. The molecule has 13 heavy (non-hydrogen) atoms. The van der Waals surface area contributed by atoms with E-state index in [4.69, 9.17) is 11.6 Å². The number of hydrogen-bond acceptors (Lipinski definition) is 3. The van der Waals surface area contributed by atoms with Crippen molar-refractivity contribution in [3.63, 3.8) is 0 Å². The summed E-state index contributed by atoms with van der Waals surface area (Å²) in [6, 6.07) is 0. The van der Waals surface area contributed by atoms with E-state index < -0.39 is 0 Å². The van der Waals surface area contributed by atoms with Crippen molar-refractivity contribution in [3.05, 3.63) is 17.5 Å². The number of anilines is 1. The van der Waals surface area contributed by atoms with Crippen molar-refractivity contribution in [1.82, 2.24) is 9.97 Å². The first-order valence-electron chi connectivity index (χ1n) is 4.44. The van der Waals surface area contributed by atoms with Gasteiger partial charge >= 0.3 is 0 Å². The number of nitrogens with one attached hydrogen (secondary N) is 1. The maximum absolute atomic E-state index is 5.72. The van der Waals surface area contributed by atoms with Gasteiger partial charge in [0.1, 0.15) is 11.0 Å². The highest BCUT2D eigenvalue weighted by molar-refractivity contribution is 6.29. The normalized spacial score (nSPS) is 19.2. The Morgan fingerprint density at radius 3 is 2.77 bits per heavy atom. The summed E-state index contributed by atoms with van der Waals surface area (Å²) in [6.45, 7) is 2.19. The minimum absolute atomic E-state index is 0.208. The third-order valence-corrected chi connectivity index (χ3v) is 2.67. The lowest BCUT2D eigenvalue weighted by atomic mass is 9.78. The third-order valence-electron chi connectivity index (χ3n) is 2.49. The molecular formula is C9H12ClN3. The molecule has 0 spiro atoms. The highest BCUT2D eigenvalue weighted by Gasteiger charge is 2.31. The Kier molecular flexibility index (Phi) is 2.12. The Hall–Kier alpha value is -0.830. The van der Waals surface area contributed by atoms with Crippen molar-refractivity contribution in [3.8, 4) is 0 Å². The van der Waals surface area contributed by atoms with E-state index in [1.807, 2.05) is 0 Å². The molecule has 0 aliphatic heterocycles. The minimum Gasteiger partial charge on any atom is -0.364 e. The van der Waals surface area contributed by atoms with Crippen LogP contribution in [0.15, 0.2) is 12.4 Å². The van der Waals surface area contributed by atoms with Crippen LogP contribution < -0.4 is 5.32 Å². The van der Waals surface area contributed by atoms with Crippen LogP contribution in [0.2, 0.25) is 5.15 Å². The van der Waals surface area contributed by atoms with Gasteiger partial charge in [0, 0.05) is 5.54 Å². The molecule has 70 valence electrons. The Bertz CT molecular complexity index is 309. The minimum atomic E-state index is 0.208. The molecule has 0 unspecified atom stereocenters. The van der Waals surface area contributed by atoms with E-state index in [9.17, 15) is 0 Å². The Balaban J connectivity index is 2.09. The van der Waals surface area contributed by atoms with Crippen molar-refractivity contribution in [2.24, 2.45) is 0 Å². The van der Waals surface area contributed by atoms with E-state index >= 15 is 0 Å². The van der Waals surface area contributed by atoms with Gasteiger partial charge in [-0.25, -0.2) is 4.98 Å². The second-order valence-electron chi connectivity index (χ2n) is 3.77. The fourth-order valence-corrected chi connectivity index (χ4v) is 1.69. The lowest BCUT2D eigenvalue weighted by Gasteiger charge is -2.39. The van der Waals surface area contributed by atoms with E-state index in [0.717, 1.165) is 5.82 Å². The average molecular weight is 198 g/mol. The monoisotopic (exact) mass is 197 g/mol. The number of aromatic nitrogens is 2. The van der Waals surface area contributed by atoms with Crippen LogP contribution >= 0.6 is 11.6 Å². The molecule has 1 aliphatic rings. The smallest absolute Gasteiger partial charge is 0.149 e. The summed E-state index contributed by atoms with van der Waals surface area (Å²) in [5.41, 5.74) is 0.208. The summed E-state index contributed by atoms with van der Waals surface area (Å²) in [4.78, 5) is 8.10. The maximum atomic E-state index is 5.72. The highest BCUT2D eigenvalue weighted by Crippen LogP contribution is 2.33. The lowest BCUT2D eigenvalue weighted by Crippen LogP contribution is -2.41. The molecule has 0 radical (unpaired) electrons. The van der Waals surface area contributed by atoms with Crippen LogP contribution in [0.4, 0.5) is 5.82 Å². The van der Waals surface area contributed by atoms with Crippen LogP contribution in [-0.2, 0) is 0 Å². The van der Waals surface area contributed by atoms with Gasteiger partial charge in [0.2, 0.25) is 0 Å². The summed E-state index contributed by atoms with van der Waals surface area (Å²) in [7, 11) is 0. The summed E-state index contributed by atoms with van der Waals surface area (Å²) in [5, 5.41) is 3.78. The van der Waals surface area contributed by atoms with E-state index in [1.165, 1.54) is 25.5 Å². The standard InChI is InChI=1S/C9H12ClN3/c1-9(3-2-4-9)13-8-6-11-5-7(10)12-8/h5-6H,2-4H2,1H3,(H,12,13). The number of halogens is 1. The molecular weight excluding hydrogens is 186 g/mol. The summed E-state index contributed by atoms with van der Waals surface area (Å²) in [6.07, 6.45) is 6.92. The topological polar surface area (TPSA) is 37.8 Å². The molecule has 1 aliphatic carbocycles.